The van der Waals surface area contributed by atoms with Crippen molar-refractivity contribution in [3.63, 3.8) is 0 Å². The Morgan fingerprint density at radius 1 is 1.47 bits per heavy atom. The second-order valence-electron chi connectivity index (χ2n) is 4.30. The van der Waals surface area contributed by atoms with Crippen LogP contribution in [0.3, 0.4) is 0 Å². The topological polar surface area (TPSA) is 53.6 Å². The molecule has 1 saturated heterocycles. The largest absolute Gasteiger partial charge is 0.482 e. The molecule has 0 aromatic heterocycles. The van der Waals surface area contributed by atoms with Crippen LogP contribution in [0.1, 0.15) is 0 Å². The van der Waals surface area contributed by atoms with E-state index < -0.39 is 0 Å². The third-order valence-electron chi connectivity index (χ3n) is 3.25. The highest BCUT2D eigenvalue weighted by molar-refractivity contribution is 5.99. The van der Waals surface area contributed by atoms with E-state index in [0.717, 1.165) is 30.2 Å². The van der Waals surface area contributed by atoms with Crippen molar-refractivity contribution in [2.45, 2.75) is 6.04 Å². The first-order valence-corrected chi connectivity index (χ1v) is 5.77. The average molecular weight is 233 g/mol. The molecule has 1 amide bonds. The number of nitrogens with zero attached hydrogens (tertiary/aromatic N) is 1. The summed E-state index contributed by atoms with van der Waals surface area (Å²) in [5.74, 6) is 0.827. The molecular weight excluding hydrogens is 218 g/mol. The third-order valence-corrected chi connectivity index (χ3v) is 3.25. The van der Waals surface area contributed by atoms with Gasteiger partial charge in [-0.2, -0.15) is 0 Å². The first-order valence-electron chi connectivity index (χ1n) is 5.77. The van der Waals surface area contributed by atoms with E-state index in [4.69, 9.17) is 4.74 Å². The van der Waals surface area contributed by atoms with Crippen molar-refractivity contribution >= 4 is 17.3 Å². The number of hydrogen-bond acceptors (Lipinski definition) is 4. The Kier molecular flexibility index (Phi) is 2.40. The Bertz CT molecular complexity index is 457. The number of ether oxygens (including phenoxy) is 1. The summed E-state index contributed by atoms with van der Waals surface area (Å²) >= 11 is 0. The minimum Gasteiger partial charge on any atom is -0.482 e. The molecule has 3 rings (SSSR count). The Morgan fingerprint density at radius 3 is 2.94 bits per heavy atom. The number of carbonyl (C=O) groups excluding carboxylic acids is 1. The molecule has 5 nitrogen and oxygen atoms in total. The van der Waals surface area contributed by atoms with Gasteiger partial charge in [0.2, 0.25) is 0 Å². The maximum absolute atomic E-state index is 11.9. The summed E-state index contributed by atoms with van der Waals surface area (Å²) in [7, 11) is 1.86. The highest BCUT2D eigenvalue weighted by Gasteiger charge is 2.34. The van der Waals surface area contributed by atoms with Crippen molar-refractivity contribution in [2.75, 3.05) is 37.0 Å². The van der Waals surface area contributed by atoms with Gasteiger partial charge in [0.15, 0.2) is 6.61 Å². The van der Waals surface area contributed by atoms with Gasteiger partial charge >= 0.3 is 0 Å². The van der Waals surface area contributed by atoms with Gasteiger partial charge in [-0.15, -0.1) is 0 Å². The molecular formula is C12H15N3O2. The summed E-state index contributed by atoms with van der Waals surface area (Å²) < 4.78 is 5.44. The molecule has 0 spiro atoms. The summed E-state index contributed by atoms with van der Waals surface area (Å²) in [6.07, 6.45) is 0. The van der Waals surface area contributed by atoms with Gasteiger partial charge in [0.05, 0.1) is 11.7 Å². The number of rotatable bonds is 2. The Morgan fingerprint density at radius 2 is 2.29 bits per heavy atom. The van der Waals surface area contributed by atoms with Crippen LogP contribution >= 0.6 is 0 Å². The van der Waals surface area contributed by atoms with Gasteiger partial charge in [-0.25, -0.2) is 0 Å². The van der Waals surface area contributed by atoms with Gasteiger partial charge in [0.25, 0.3) is 5.91 Å². The highest BCUT2D eigenvalue weighted by Crippen LogP contribution is 2.36. The number of carbonyl (C=O) groups is 1. The van der Waals surface area contributed by atoms with Gasteiger partial charge in [0, 0.05) is 25.8 Å². The predicted molar refractivity (Wildman–Crippen MR) is 65.6 cm³/mol. The molecule has 0 saturated carbocycles. The van der Waals surface area contributed by atoms with Gasteiger partial charge in [-0.05, 0) is 18.2 Å². The Balaban J connectivity index is 2.01. The fourth-order valence-electron chi connectivity index (χ4n) is 2.18. The molecule has 90 valence electrons. The Labute approximate surface area is 99.7 Å². The van der Waals surface area contributed by atoms with Crippen molar-refractivity contribution in [3.8, 4) is 5.75 Å². The quantitative estimate of drug-likeness (QED) is 0.777. The maximum Gasteiger partial charge on any atom is 0.265 e. The molecule has 17 heavy (non-hydrogen) atoms. The van der Waals surface area contributed by atoms with E-state index in [1.807, 2.05) is 30.1 Å². The van der Waals surface area contributed by atoms with E-state index in [2.05, 4.69) is 10.6 Å². The number of nitrogens with one attached hydrogen (secondary N) is 2. The number of benzene rings is 1. The minimum absolute atomic E-state index is 0.0391. The fourth-order valence-corrected chi connectivity index (χ4v) is 2.18. The zero-order valence-corrected chi connectivity index (χ0v) is 9.69. The summed E-state index contributed by atoms with van der Waals surface area (Å²) in [4.78, 5) is 13.8. The average Bonchev–Trinajstić information content (AvgIpc) is 2.30. The van der Waals surface area contributed by atoms with Crippen molar-refractivity contribution < 1.29 is 9.53 Å². The molecule has 0 unspecified atom stereocenters. The normalized spacial score (nSPS) is 19.4. The summed E-state index contributed by atoms with van der Waals surface area (Å²) in [6.45, 7) is 1.85. The number of fused-ring (bicyclic) bond motifs is 1. The van der Waals surface area contributed by atoms with Gasteiger partial charge in [-0.1, -0.05) is 0 Å². The molecule has 0 atom stereocenters. The molecule has 0 radical (unpaired) electrons. The van der Waals surface area contributed by atoms with E-state index in [0.29, 0.717) is 0 Å². The molecule has 2 aliphatic heterocycles. The first-order chi connectivity index (χ1) is 8.29. The summed E-state index contributed by atoms with van der Waals surface area (Å²) in [6, 6.07) is 6.08. The van der Waals surface area contributed by atoms with Crippen LogP contribution in [-0.4, -0.2) is 38.7 Å². The lowest BCUT2D eigenvalue weighted by atomic mass is 10.1. The molecule has 2 heterocycles. The van der Waals surface area contributed by atoms with Crippen LogP contribution in [0.5, 0.6) is 5.75 Å². The fraction of sp³-hybridized carbons (Fsp3) is 0.417. The Hall–Kier alpha value is -1.75. The second-order valence-corrected chi connectivity index (χ2v) is 4.30. The second kappa shape index (κ2) is 3.92. The lowest BCUT2D eigenvalue weighted by Gasteiger charge is -2.40. The first kappa shape index (κ1) is 10.4. The molecule has 1 aromatic rings. The molecule has 1 aromatic carbocycles. The van der Waals surface area contributed by atoms with E-state index in [1.54, 1.807) is 0 Å². The van der Waals surface area contributed by atoms with E-state index in [9.17, 15) is 4.79 Å². The monoisotopic (exact) mass is 233 g/mol. The van der Waals surface area contributed by atoms with Gasteiger partial charge in [-0.3, -0.25) is 4.79 Å². The van der Waals surface area contributed by atoms with E-state index in [-0.39, 0.29) is 18.6 Å². The van der Waals surface area contributed by atoms with Crippen molar-refractivity contribution in [2.24, 2.45) is 0 Å². The summed E-state index contributed by atoms with van der Waals surface area (Å²) in [5.41, 5.74) is 1.86. The van der Waals surface area contributed by atoms with Crippen LogP contribution in [0.25, 0.3) is 0 Å². The van der Waals surface area contributed by atoms with E-state index in [1.165, 1.54) is 0 Å². The third kappa shape index (κ3) is 1.63. The number of anilines is 2. The molecule has 2 aliphatic rings. The zero-order valence-electron chi connectivity index (χ0n) is 9.69. The number of hydrogen-bond donors (Lipinski definition) is 2. The smallest absolute Gasteiger partial charge is 0.265 e. The summed E-state index contributed by atoms with van der Waals surface area (Å²) in [5, 5.41) is 6.27. The molecule has 5 heteroatoms. The lowest BCUT2D eigenvalue weighted by molar-refractivity contribution is -0.122. The van der Waals surface area contributed by atoms with Crippen LogP contribution in [0.15, 0.2) is 18.2 Å². The molecule has 1 fully saturated rings. The van der Waals surface area contributed by atoms with Crippen LogP contribution in [0, 0.1) is 0 Å². The molecule has 0 aliphatic carbocycles. The van der Waals surface area contributed by atoms with Gasteiger partial charge in [0.1, 0.15) is 5.75 Å². The van der Waals surface area contributed by atoms with Crippen LogP contribution in [0.2, 0.25) is 0 Å². The lowest BCUT2D eigenvalue weighted by Crippen LogP contribution is -2.61. The van der Waals surface area contributed by atoms with Crippen LogP contribution < -0.4 is 20.3 Å². The number of amides is 1. The predicted octanol–water partition coefficient (Wildman–Crippen LogP) is 0.425. The van der Waals surface area contributed by atoms with Crippen LogP contribution in [0.4, 0.5) is 11.4 Å². The molecule has 0 bridgehead atoms. The van der Waals surface area contributed by atoms with Crippen molar-refractivity contribution in [1.29, 1.82) is 0 Å². The minimum atomic E-state index is 0.0391. The maximum atomic E-state index is 11.9. The highest BCUT2D eigenvalue weighted by atomic mass is 16.5. The zero-order chi connectivity index (χ0) is 11.8. The molecule has 2 N–H and O–H groups in total. The van der Waals surface area contributed by atoms with Crippen molar-refractivity contribution in [3.05, 3.63) is 18.2 Å². The standard InChI is InChI=1S/C12H15N3O2/c1-13-8-2-3-11-10(4-8)15(9-5-14-6-9)12(16)7-17-11/h2-4,9,13-14H,5-7H2,1H3. The van der Waals surface area contributed by atoms with Crippen molar-refractivity contribution in [1.82, 2.24) is 5.32 Å². The SMILES string of the molecule is CNc1ccc2c(c1)N(C1CNC1)C(=O)CO2. The van der Waals surface area contributed by atoms with E-state index >= 15 is 0 Å². The van der Waals surface area contributed by atoms with Crippen LogP contribution in [-0.2, 0) is 4.79 Å². The van der Waals surface area contributed by atoms with Gasteiger partial charge < -0.3 is 20.3 Å².